The highest BCUT2D eigenvalue weighted by Gasteiger charge is 2.36. The minimum Gasteiger partial charge on any atom is -0.371 e. The van der Waals surface area contributed by atoms with Crippen LogP contribution >= 0.6 is 15.9 Å². The Morgan fingerprint density at radius 2 is 1.81 bits per heavy atom. The van der Waals surface area contributed by atoms with Crippen molar-refractivity contribution in [1.82, 2.24) is 0 Å². The Kier molecular flexibility index (Phi) is 5.23. The minimum atomic E-state index is -4.32. The van der Waals surface area contributed by atoms with Crippen LogP contribution in [0.1, 0.15) is 43.7 Å². The van der Waals surface area contributed by atoms with Crippen molar-refractivity contribution in [2.45, 2.75) is 50.2 Å². The molecule has 0 spiro atoms. The second kappa shape index (κ2) is 6.59. The number of alkyl halides is 4. The summed E-state index contributed by atoms with van der Waals surface area (Å²) < 4.78 is 39.9. The second-order valence-corrected chi connectivity index (χ2v) is 6.57. The van der Waals surface area contributed by atoms with Crippen LogP contribution < -0.4 is 4.90 Å². The summed E-state index contributed by atoms with van der Waals surface area (Å²) in [5.41, 5.74) is 0.420. The molecule has 1 nitrogen and oxygen atoms in total. The molecule has 0 radical (unpaired) electrons. The molecule has 1 aliphatic carbocycles. The molecule has 1 aromatic rings. The van der Waals surface area contributed by atoms with E-state index >= 15 is 0 Å². The van der Waals surface area contributed by atoms with E-state index in [9.17, 15) is 13.2 Å². The van der Waals surface area contributed by atoms with Gasteiger partial charge in [-0.15, -0.1) is 0 Å². The van der Waals surface area contributed by atoms with Gasteiger partial charge in [0.25, 0.3) is 0 Å². The Morgan fingerprint density at radius 1 is 1.19 bits per heavy atom. The molecular formula is C16H21BrF3N. The van der Waals surface area contributed by atoms with Gasteiger partial charge in [0.15, 0.2) is 0 Å². The van der Waals surface area contributed by atoms with Crippen LogP contribution in [0.4, 0.5) is 18.9 Å². The monoisotopic (exact) mass is 363 g/mol. The molecule has 0 heterocycles. The average Bonchev–Trinajstić information content (AvgIpc) is 2.46. The van der Waals surface area contributed by atoms with Crippen molar-refractivity contribution >= 4 is 21.6 Å². The topological polar surface area (TPSA) is 3.24 Å². The van der Waals surface area contributed by atoms with E-state index in [1.807, 2.05) is 4.90 Å². The highest BCUT2D eigenvalue weighted by molar-refractivity contribution is 9.08. The average molecular weight is 364 g/mol. The van der Waals surface area contributed by atoms with E-state index in [0.717, 1.165) is 25.7 Å². The molecule has 21 heavy (non-hydrogen) atoms. The maximum atomic E-state index is 13.3. The lowest BCUT2D eigenvalue weighted by Gasteiger charge is -2.36. The molecule has 1 aliphatic rings. The summed E-state index contributed by atoms with van der Waals surface area (Å²) in [5.74, 6) is 0.688. The van der Waals surface area contributed by atoms with E-state index in [0.29, 0.717) is 22.5 Å². The van der Waals surface area contributed by atoms with Gasteiger partial charge in [0, 0.05) is 24.1 Å². The molecule has 1 aromatic carbocycles. The predicted octanol–water partition coefficient (Wildman–Crippen LogP) is 5.62. The van der Waals surface area contributed by atoms with Gasteiger partial charge in [-0.1, -0.05) is 28.9 Å². The number of anilines is 1. The zero-order valence-corrected chi connectivity index (χ0v) is 14.0. The van der Waals surface area contributed by atoms with Gasteiger partial charge in [-0.25, -0.2) is 0 Å². The third kappa shape index (κ3) is 3.93. The number of halogens is 4. The van der Waals surface area contributed by atoms with E-state index in [1.54, 1.807) is 19.2 Å². The number of benzene rings is 1. The molecule has 0 aromatic heterocycles. The second-order valence-electron chi connectivity index (χ2n) is 6.01. The van der Waals surface area contributed by atoms with E-state index < -0.39 is 11.7 Å². The van der Waals surface area contributed by atoms with Crippen LogP contribution in [0.5, 0.6) is 0 Å². The Hall–Kier alpha value is -0.710. The van der Waals surface area contributed by atoms with Crippen LogP contribution in [0.3, 0.4) is 0 Å². The third-order valence-electron chi connectivity index (χ3n) is 4.43. The van der Waals surface area contributed by atoms with Crippen molar-refractivity contribution < 1.29 is 13.2 Å². The van der Waals surface area contributed by atoms with Gasteiger partial charge < -0.3 is 4.90 Å². The van der Waals surface area contributed by atoms with E-state index in [2.05, 4.69) is 22.9 Å². The fourth-order valence-electron chi connectivity index (χ4n) is 3.03. The molecule has 1 saturated carbocycles. The first-order valence-electron chi connectivity index (χ1n) is 7.32. The van der Waals surface area contributed by atoms with Crippen LogP contribution in [0.25, 0.3) is 0 Å². The van der Waals surface area contributed by atoms with Crippen molar-refractivity contribution in [3.63, 3.8) is 0 Å². The smallest absolute Gasteiger partial charge is 0.371 e. The van der Waals surface area contributed by atoms with Gasteiger partial charge in [-0.2, -0.15) is 13.2 Å². The molecular weight excluding hydrogens is 343 g/mol. The normalized spacial score (nSPS) is 23.1. The molecule has 0 bridgehead atoms. The molecule has 0 unspecified atom stereocenters. The predicted molar refractivity (Wildman–Crippen MR) is 83.9 cm³/mol. The van der Waals surface area contributed by atoms with Crippen molar-refractivity contribution in [2.75, 3.05) is 11.9 Å². The number of hydrogen-bond donors (Lipinski definition) is 0. The first-order valence-corrected chi connectivity index (χ1v) is 8.44. The maximum absolute atomic E-state index is 13.3. The fraction of sp³-hybridized carbons (Fsp3) is 0.625. The van der Waals surface area contributed by atoms with Crippen LogP contribution in [-0.4, -0.2) is 13.1 Å². The number of nitrogens with zero attached hydrogens (tertiary/aromatic N) is 1. The summed E-state index contributed by atoms with van der Waals surface area (Å²) >= 11 is 3.22. The fourth-order valence-corrected chi connectivity index (χ4v) is 3.38. The quantitative estimate of drug-likeness (QED) is 0.630. The largest absolute Gasteiger partial charge is 0.418 e. The van der Waals surface area contributed by atoms with Crippen LogP contribution in [0.15, 0.2) is 18.2 Å². The van der Waals surface area contributed by atoms with Gasteiger partial charge >= 0.3 is 6.18 Å². The van der Waals surface area contributed by atoms with Crippen molar-refractivity contribution in [3.8, 4) is 0 Å². The molecule has 2 rings (SSSR count). The van der Waals surface area contributed by atoms with Crippen LogP contribution in [0.2, 0.25) is 0 Å². The standard InChI is InChI=1S/C16H21BrF3N/c1-11-3-6-13(7-4-11)21(2)15-8-5-12(10-17)9-14(15)16(18,19)20/h5,8-9,11,13H,3-4,6-7,10H2,1-2H3. The summed E-state index contributed by atoms with van der Waals surface area (Å²) in [6.45, 7) is 2.21. The lowest BCUT2D eigenvalue weighted by molar-refractivity contribution is -0.137. The molecule has 0 N–H and O–H groups in total. The highest BCUT2D eigenvalue weighted by atomic mass is 79.9. The maximum Gasteiger partial charge on any atom is 0.418 e. The summed E-state index contributed by atoms with van der Waals surface area (Å²) in [6.07, 6.45) is -0.195. The van der Waals surface area contributed by atoms with Crippen LogP contribution in [0, 0.1) is 5.92 Å². The number of hydrogen-bond acceptors (Lipinski definition) is 1. The first-order chi connectivity index (χ1) is 9.82. The van der Waals surface area contributed by atoms with Gasteiger partial charge in [0.05, 0.1) is 5.56 Å². The van der Waals surface area contributed by atoms with Crippen molar-refractivity contribution in [2.24, 2.45) is 5.92 Å². The molecule has 5 heteroatoms. The molecule has 0 amide bonds. The van der Waals surface area contributed by atoms with Crippen molar-refractivity contribution in [3.05, 3.63) is 29.3 Å². The van der Waals surface area contributed by atoms with Gasteiger partial charge in [-0.05, 0) is 49.3 Å². The van der Waals surface area contributed by atoms with Gasteiger partial charge in [0.1, 0.15) is 0 Å². The lowest BCUT2D eigenvalue weighted by atomic mass is 9.86. The van der Waals surface area contributed by atoms with Gasteiger partial charge in [0.2, 0.25) is 0 Å². The highest BCUT2D eigenvalue weighted by Crippen LogP contribution is 2.39. The SMILES string of the molecule is CC1CCC(N(C)c2ccc(CBr)cc2C(F)(F)F)CC1. The Morgan fingerprint density at radius 3 is 2.33 bits per heavy atom. The summed E-state index contributed by atoms with van der Waals surface area (Å²) in [5, 5.41) is 0.432. The summed E-state index contributed by atoms with van der Waals surface area (Å²) in [7, 11) is 1.79. The Bertz CT molecular complexity index is 479. The molecule has 1 fully saturated rings. The van der Waals surface area contributed by atoms with Crippen LogP contribution in [-0.2, 0) is 11.5 Å². The number of rotatable bonds is 3. The first kappa shape index (κ1) is 16.7. The molecule has 118 valence electrons. The van der Waals surface area contributed by atoms with E-state index in [-0.39, 0.29) is 6.04 Å². The zero-order chi connectivity index (χ0) is 15.6. The van der Waals surface area contributed by atoms with Gasteiger partial charge in [-0.3, -0.25) is 0 Å². The van der Waals surface area contributed by atoms with E-state index in [4.69, 9.17) is 0 Å². The van der Waals surface area contributed by atoms with E-state index in [1.165, 1.54) is 6.07 Å². The lowest BCUT2D eigenvalue weighted by Crippen LogP contribution is -2.36. The summed E-state index contributed by atoms with van der Waals surface area (Å²) in [4.78, 5) is 1.83. The molecule has 0 saturated heterocycles. The third-order valence-corrected chi connectivity index (χ3v) is 5.08. The Balaban J connectivity index is 2.29. The zero-order valence-electron chi connectivity index (χ0n) is 12.4. The summed E-state index contributed by atoms with van der Waals surface area (Å²) in [6, 6.07) is 4.84. The Labute approximate surface area is 132 Å². The molecule has 0 atom stereocenters. The minimum absolute atomic E-state index is 0.206. The van der Waals surface area contributed by atoms with Crippen molar-refractivity contribution in [1.29, 1.82) is 0 Å². The molecule has 0 aliphatic heterocycles.